The van der Waals surface area contributed by atoms with Crippen LogP contribution in [0.15, 0.2) is 0 Å². The second-order valence-electron chi connectivity index (χ2n) is 3.79. The number of primary sulfonamides is 1. The summed E-state index contributed by atoms with van der Waals surface area (Å²) in [7, 11) is -3.64. The van der Waals surface area contributed by atoms with Crippen molar-refractivity contribution in [3.8, 4) is 0 Å². The van der Waals surface area contributed by atoms with Gasteiger partial charge >= 0.3 is 12.0 Å². The van der Waals surface area contributed by atoms with E-state index in [1.54, 1.807) is 6.92 Å². The molecule has 0 bridgehead atoms. The normalized spacial score (nSPS) is 24.0. The Balaban J connectivity index is 2.57. The number of carbonyl (C=O) groups is 2. The van der Waals surface area contributed by atoms with Gasteiger partial charge in [0.2, 0.25) is 10.0 Å². The van der Waals surface area contributed by atoms with Gasteiger partial charge in [0.05, 0.1) is 11.1 Å². The monoisotopic (exact) mass is 297 g/mol. The summed E-state index contributed by atoms with van der Waals surface area (Å²) in [6.45, 7) is 1.57. The van der Waals surface area contributed by atoms with Gasteiger partial charge in [-0.05, 0) is 6.92 Å². The number of hydrogen-bond acceptors (Lipinski definition) is 5. The number of amides is 2. The lowest BCUT2D eigenvalue weighted by molar-refractivity contribution is -0.141. The molecule has 10 heteroatoms. The number of sulfonamides is 1. The van der Waals surface area contributed by atoms with E-state index in [0.29, 0.717) is 5.75 Å². The molecule has 8 nitrogen and oxygen atoms in total. The van der Waals surface area contributed by atoms with Crippen molar-refractivity contribution in [1.82, 2.24) is 10.2 Å². The summed E-state index contributed by atoms with van der Waals surface area (Å²) in [6, 6.07) is -1.48. The van der Waals surface area contributed by atoms with Gasteiger partial charge in [0.15, 0.2) is 0 Å². The van der Waals surface area contributed by atoms with Gasteiger partial charge in [0.1, 0.15) is 6.04 Å². The average Bonchev–Trinajstić information content (AvgIpc) is 2.58. The van der Waals surface area contributed by atoms with Gasteiger partial charge in [-0.2, -0.15) is 0 Å². The van der Waals surface area contributed by atoms with Gasteiger partial charge in [-0.25, -0.2) is 23.1 Å². The molecule has 104 valence electrons. The van der Waals surface area contributed by atoms with E-state index in [1.807, 2.05) is 0 Å². The van der Waals surface area contributed by atoms with Gasteiger partial charge in [0, 0.05) is 12.3 Å². The van der Waals surface area contributed by atoms with Crippen LogP contribution in [-0.4, -0.2) is 59.9 Å². The second kappa shape index (κ2) is 5.76. The van der Waals surface area contributed by atoms with Crippen LogP contribution in [0.1, 0.15) is 6.92 Å². The van der Waals surface area contributed by atoms with Crippen LogP contribution in [0.5, 0.6) is 0 Å². The van der Waals surface area contributed by atoms with E-state index in [0.717, 1.165) is 0 Å². The summed E-state index contributed by atoms with van der Waals surface area (Å²) in [5.41, 5.74) is 0. The molecule has 1 saturated heterocycles. The number of aliphatic carboxylic acids is 1. The van der Waals surface area contributed by atoms with Crippen molar-refractivity contribution in [2.45, 2.75) is 18.3 Å². The molecule has 1 heterocycles. The van der Waals surface area contributed by atoms with Crippen molar-refractivity contribution < 1.29 is 23.1 Å². The maximum absolute atomic E-state index is 11.8. The lowest BCUT2D eigenvalue weighted by Crippen LogP contribution is -2.50. The number of hydrogen-bond donors (Lipinski definition) is 3. The Hall–Kier alpha value is -1.00. The largest absolute Gasteiger partial charge is 0.480 e. The number of nitrogens with two attached hydrogens (primary N) is 1. The molecular formula is C8H15N3O5S2. The van der Waals surface area contributed by atoms with Crippen molar-refractivity contribution in [1.29, 1.82) is 0 Å². The third-order valence-electron chi connectivity index (χ3n) is 2.41. The lowest BCUT2D eigenvalue weighted by Gasteiger charge is -2.25. The number of carboxylic acid groups (broad SMARTS) is 1. The molecule has 2 unspecified atom stereocenters. The van der Waals surface area contributed by atoms with Crippen LogP contribution in [0.3, 0.4) is 0 Å². The van der Waals surface area contributed by atoms with E-state index in [1.165, 1.54) is 16.7 Å². The molecule has 0 aliphatic carbocycles. The summed E-state index contributed by atoms with van der Waals surface area (Å²) in [4.78, 5) is 23.9. The van der Waals surface area contributed by atoms with Gasteiger partial charge in [-0.3, -0.25) is 4.90 Å². The molecule has 18 heavy (non-hydrogen) atoms. The van der Waals surface area contributed by atoms with Crippen molar-refractivity contribution >= 4 is 33.8 Å². The highest BCUT2D eigenvalue weighted by molar-refractivity contribution is 8.00. The zero-order valence-electron chi connectivity index (χ0n) is 9.70. The van der Waals surface area contributed by atoms with Gasteiger partial charge < -0.3 is 10.4 Å². The summed E-state index contributed by atoms with van der Waals surface area (Å²) in [5, 5.41) is 15.8. The summed E-state index contributed by atoms with van der Waals surface area (Å²) in [6.07, 6.45) is 0. The van der Waals surface area contributed by atoms with Crippen molar-refractivity contribution in [2.24, 2.45) is 5.14 Å². The number of rotatable bonds is 4. The maximum Gasteiger partial charge on any atom is 0.327 e. The van der Waals surface area contributed by atoms with E-state index >= 15 is 0 Å². The van der Waals surface area contributed by atoms with Gasteiger partial charge in [0.25, 0.3) is 0 Å². The topological polar surface area (TPSA) is 130 Å². The first-order valence-corrected chi connectivity index (χ1v) is 7.90. The summed E-state index contributed by atoms with van der Waals surface area (Å²) in [5.74, 6) is -1.14. The predicted octanol–water partition coefficient (Wildman–Crippen LogP) is -1.17. The molecule has 1 aliphatic heterocycles. The van der Waals surface area contributed by atoms with Crippen LogP contribution in [0.25, 0.3) is 0 Å². The van der Waals surface area contributed by atoms with Crippen LogP contribution in [0.4, 0.5) is 4.79 Å². The molecule has 0 aromatic carbocycles. The van der Waals surface area contributed by atoms with E-state index in [9.17, 15) is 18.0 Å². The van der Waals surface area contributed by atoms with Crippen LogP contribution in [0, 0.1) is 0 Å². The maximum atomic E-state index is 11.8. The molecule has 4 N–H and O–H groups in total. The van der Waals surface area contributed by atoms with Gasteiger partial charge in [-0.15, -0.1) is 11.8 Å². The third-order valence-corrected chi connectivity index (χ3v) is 4.40. The van der Waals surface area contributed by atoms with Crippen LogP contribution >= 0.6 is 11.8 Å². The fourth-order valence-corrected chi connectivity index (χ4v) is 3.09. The van der Waals surface area contributed by atoms with E-state index < -0.39 is 28.1 Å². The lowest BCUT2D eigenvalue weighted by atomic mass is 10.3. The third kappa shape index (κ3) is 4.03. The quantitative estimate of drug-likeness (QED) is 0.599. The first kappa shape index (κ1) is 15.1. The Labute approximate surface area is 109 Å². The second-order valence-corrected chi connectivity index (χ2v) is 6.88. The fraction of sp³-hybridized carbons (Fsp3) is 0.750. The standard InChI is InChI=1S/C8H15N3O5S2/c1-5-11(6(4-17-5)7(12)13)8(14)10-2-3-18(9,15)16/h5-6H,2-4H2,1H3,(H,10,14)(H,12,13)(H2,9,15,16). The van der Waals surface area contributed by atoms with Crippen molar-refractivity contribution in [3.63, 3.8) is 0 Å². The summed E-state index contributed by atoms with van der Waals surface area (Å²) >= 11 is 1.35. The average molecular weight is 297 g/mol. The predicted molar refractivity (Wildman–Crippen MR) is 66.6 cm³/mol. The molecular weight excluding hydrogens is 282 g/mol. The Kier molecular flexibility index (Phi) is 4.82. The first-order valence-electron chi connectivity index (χ1n) is 5.13. The Bertz CT molecular complexity index is 438. The van der Waals surface area contributed by atoms with E-state index in [2.05, 4.69) is 5.32 Å². The minimum atomic E-state index is -3.64. The minimum Gasteiger partial charge on any atom is -0.480 e. The molecule has 1 fully saturated rings. The van der Waals surface area contributed by atoms with Gasteiger partial charge in [-0.1, -0.05) is 0 Å². The van der Waals surface area contributed by atoms with Crippen molar-refractivity contribution in [2.75, 3.05) is 18.1 Å². The molecule has 0 saturated carbocycles. The van der Waals surface area contributed by atoms with Crippen molar-refractivity contribution in [3.05, 3.63) is 0 Å². The van der Waals surface area contributed by atoms with E-state index in [4.69, 9.17) is 10.2 Å². The van der Waals surface area contributed by atoms with Crippen LogP contribution in [0.2, 0.25) is 0 Å². The molecule has 1 aliphatic rings. The molecule has 0 aromatic heterocycles. The highest BCUT2D eigenvalue weighted by atomic mass is 32.2. The number of nitrogens with one attached hydrogen (secondary N) is 1. The van der Waals surface area contributed by atoms with Crippen LogP contribution in [-0.2, 0) is 14.8 Å². The minimum absolute atomic E-state index is 0.141. The number of carboxylic acids is 1. The molecule has 0 spiro atoms. The number of thioether (sulfide) groups is 1. The number of nitrogens with zero attached hydrogens (tertiary/aromatic N) is 1. The van der Waals surface area contributed by atoms with Crippen LogP contribution < -0.4 is 10.5 Å². The Morgan fingerprint density at radius 3 is 2.67 bits per heavy atom. The Morgan fingerprint density at radius 1 is 1.56 bits per heavy atom. The highest BCUT2D eigenvalue weighted by Gasteiger charge is 2.39. The number of carbonyl (C=O) groups excluding carboxylic acids is 1. The molecule has 0 radical (unpaired) electrons. The zero-order chi connectivity index (χ0) is 13.9. The smallest absolute Gasteiger partial charge is 0.327 e. The fourth-order valence-electron chi connectivity index (χ4n) is 1.53. The molecule has 2 amide bonds. The molecule has 1 rings (SSSR count). The molecule has 0 aromatic rings. The SMILES string of the molecule is CC1SCC(C(=O)O)N1C(=O)NCCS(N)(=O)=O. The highest BCUT2D eigenvalue weighted by Crippen LogP contribution is 2.28. The molecule has 2 atom stereocenters. The van der Waals surface area contributed by atoms with E-state index in [-0.39, 0.29) is 17.7 Å². The zero-order valence-corrected chi connectivity index (χ0v) is 11.3. The summed E-state index contributed by atoms with van der Waals surface area (Å²) < 4.78 is 21.4. The Morgan fingerprint density at radius 2 is 2.17 bits per heavy atom. The first-order chi connectivity index (χ1) is 8.22. The number of urea groups is 1.